The molecule has 0 bridgehead atoms. The van der Waals surface area contributed by atoms with Gasteiger partial charge in [-0.15, -0.1) is 0 Å². The number of methoxy groups -OCH3 is 2. The van der Waals surface area contributed by atoms with Crippen molar-refractivity contribution in [3.05, 3.63) is 52.5 Å². The monoisotopic (exact) mass is 434 g/mol. The number of aliphatic hydroxyl groups excluding tert-OH is 1. The molecule has 1 heterocycles. The first kappa shape index (κ1) is 22.7. The Morgan fingerprint density at radius 1 is 1.00 bits per heavy atom. The maximum Gasteiger partial charge on any atom is 0.161 e. The summed E-state index contributed by atoms with van der Waals surface area (Å²) >= 11 is 6.16. The largest absolute Gasteiger partial charge is 0.493 e. The number of hydrogen-bond donors (Lipinski definition) is 1. The molecule has 164 valence electrons. The molecule has 1 saturated heterocycles. The lowest BCUT2D eigenvalue weighted by Crippen LogP contribution is -2.49. The maximum absolute atomic E-state index is 10.4. The molecular weight excluding hydrogens is 404 g/mol. The van der Waals surface area contributed by atoms with Gasteiger partial charge in [0.1, 0.15) is 0 Å². The minimum atomic E-state index is -0.524. The van der Waals surface area contributed by atoms with Gasteiger partial charge in [-0.2, -0.15) is 0 Å². The quantitative estimate of drug-likeness (QED) is 0.653. The Kier molecular flexibility index (Phi) is 8.22. The lowest BCUT2D eigenvalue weighted by Gasteiger charge is -2.37. The molecule has 0 spiro atoms. The zero-order valence-electron chi connectivity index (χ0n) is 17.9. The van der Waals surface area contributed by atoms with Crippen LogP contribution < -0.4 is 14.4 Å². The van der Waals surface area contributed by atoms with Gasteiger partial charge in [-0.25, -0.2) is 0 Å². The third kappa shape index (κ3) is 6.01. The van der Waals surface area contributed by atoms with E-state index >= 15 is 0 Å². The lowest BCUT2D eigenvalue weighted by atomic mass is 10.1. The molecule has 7 heteroatoms. The number of anilines is 1. The average molecular weight is 435 g/mol. The first-order valence-corrected chi connectivity index (χ1v) is 10.6. The highest BCUT2D eigenvalue weighted by molar-refractivity contribution is 6.30. The van der Waals surface area contributed by atoms with Crippen LogP contribution in [0.3, 0.4) is 0 Å². The number of β-amino-alcohol motifs (C(OH)–C–C–N with tert-alkyl or cyclic N) is 1. The zero-order chi connectivity index (χ0) is 21.5. The highest BCUT2D eigenvalue weighted by atomic mass is 35.5. The highest BCUT2D eigenvalue weighted by Gasteiger charge is 2.20. The van der Waals surface area contributed by atoms with Gasteiger partial charge in [0.05, 0.1) is 33.5 Å². The number of piperazine rings is 1. The number of halogens is 1. The second kappa shape index (κ2) is 10.9. The standard InChI is InChI=1S/C23H31ClN2O4/c1-17-4-6-19(24)13-21(17)26-10-8-25(9-11-26)14-20(27)16-30-15-18-5-7-22(28-2)23(12-18)29-3/h4-7,12-13,20,27H,8-11,14-16H2,1-3H3. The molecule has 1 aliphatic heterocycles. The van der Waals surface area contributed by atoms with Crippen LogP contribution >= 0.6 is 11.6 Å². The van der Waals surface area contributed by atoms with Gasteiger partial charge in [-0.05, 0) is 42.3 Å². The summed E-state index contributed by atoms with van der Waals surface area (Å²) < 4.78 is 16.3. The predicted molar refractivity (Wildman–Crippen MR) is 120 cm³/mol. The van der Waals surface area contributed by atoms with Crippen LogP contribution in [0.25, 0.3) is 0 Å². The van der Waals surface area contributed by atoms with Crippen LogP contribution in [0.5, 0.6) is 11.5 Å². The van der Waals surface area contributed by atoms with Crippen LogP contribution in [0.2, 0.25) is 5.02 Å². The zero-order valence-corrected chi connectivity index (χ0v) is 18.7. The number of nitrogens with zero attached hydrogens (tertiary/aromatic N) is 2. The Hall–Kier alpha value is -1.99. The molecule has 1 atom stereocenters. The second-order valence-electron chi connectivity index (χ2n) is 7.58. The number of rotatable bonds is 9. The van der Waals surface area contributed by atoms with Gasteiger partial charge < -0.3 is 24.2 Å². The number of aryl methyl sites for hydroxylation is 1. The Balaban J connectivity index is 1.41. The van der Waals surface area contributed by atoms with Crippen molar-refractivity contribution in [1.29, 1.82) is 0 Å². The van der Waals surface area contributed by atoms with Crippen molar-refractivity contribution in [2.24, 2.45) is 0 Å². The summed E-state index contributed by atoms with van der Waals surface area (Å²) in [6.07, 6.45) is -0.524. The van der Waals surface area contributed by atoms with Crippen LogP contribution in [0.4, 0.5) is 5.69 Å². The van der Waals surface area contributed by atoms with Gasteiger partial charge in [-0.3, -0.25) is 4.90 Å². The van der Waals surface area contributed by atoms with Crippen molar-refractivity contribution < 1.29 is 19.3 Å². The fourth-order valence-electron chi connectivity index (χ4n) is 3.73. The summed E-state index contributed by atoms with van der Waals surface area (Å²) in [7, 11) is 3.22. The molecule has 0 aliphatic carbocycles. The van der Waals surface area contributed by atoms with Crippen LogP contribution in [0, 0.1) is 6.92 Å². The normalized spacial score (nSPS) is 15.8. The third-order valence-electron chi connectivity index (χ3n) is 5.38. The summed E-state index contributed by atoms with van der Waals surface area (Å²) in [6, 6.07) is 11.7. The van der Waals surface area contributed by atoms with Crippen molar-refractivity contribution in [1.82, 2.24) is 4.90 Å². The van der Waals surface area contributed by atoms with Crippen LogP contribution in [0.1, 0.15) is 11.1 Å². The van der Waals surface area contributed by atoms with E-state index in [2.05, 4.69) is 22.8 Å². The van der Waals surface area contributed by atoms with Crippen molar-refractivity contribution in [2.75, 3.05) is 58.5 Å². The molecule has 1 aliphatic rings. The van der Waals surface area contributed by atoms with E-state index in [-0.39, 0.29) is 0 Å². The smallest absolute Gasteiger partial charge is 0.161 e. The van der Waals surface area contributed by atoms with Crippen molar-refractivity contribution >= 4 is 17.3 Å². The van der Waals surface area contributed by atoms with E-state index < -0.39 is 6.10 Å². The molecule has 30 heavy (non-hydrogen) atoms. The summed E-state index contributed by atoms with van der Waals surface area (Å²) in [6.45, 7) is 7.06. The molecule has 0 saturated carbocycles. The molecule has 3 rings (SSSR count). The fraction of sp³-hybridized carbons (Fsp3) is 0.478. The van der Waals surface area contributed by atoms with E-state index in [1.165, 1.54) is 11.3 Å². The molecule has 1 fully saturated rings. The number of benzene rings is 2. The number of aliphatic hydroxyl groups is 1. The average Bonchev–Trinajstić information content (AvgIpc) is 2.76. The summed E-state index contributed by atoms with van der Waals surface area (Å²) in [5.74, 6) is 1.36. The molecule has 1 unspecified atom stereocenters. The number of hydrogen-bond acceptors (Lipinski definition) is 6. The first-order chi connectivity index (χ1) is 14.5. The summed E-state index contributed by atoms with van der Waals surface area (Å²) in [5, 5.41) is 11.1. The summed E-state index contributed by atoms with van der Waals surface area (Å²) in [4.78, 5) is 4.64. The minimum Gasteiger partial charge on any atom is -0.493 e. The lowest BCUT2D eigenvalue weighted by molar-refractivity contribution is 0.00909. The maximum atomic E-state index is 10.4. The van der Waals surface area contributed by atoms with Gasteiger partial charge in [-0.1, -0.05) is 23.7 Å². The van der Waals surface area contributed by atoms with Crippen molar-refractivity contribution in [2.45, 2.75) is 19.6 Å². The predicted octanol–water partition coefficient (Wildman–Crippen LogP) is 3.37. The molecule has 0 radical (unpaired) electrons. The van der Waals surface area contributed by atoms with Gasteiger partial charge >= 0.3 is 0 Å². The molecule has 2 aromatic carbocycles. The molecule has 1 N–H and O–H groups in total. The van der Waals surface area contributed by atoms with Crippen LogP contribution in [-0.2, 0) is 11.3 Å². The van der Waals surface area contributed by atoms with E-state index in [9.17, 15) is 5.11 Å². The Morgan fingerprint density at radius 3 is 2.43 bits per heavy atom. The van der Waals surface area contributed by atoms with Gasteiger partial charge in [0.25, 0.3) is 0 Å². The van der Waals surface area contributed by atoms with Crippen molar-refractivity contribution in [3.8, 4) is 11.5 Å². The molecule has 0 aromatic heterocycles. The fourth-order valence-corrected chi connectivity index (χ4v) is 3.89. The Morgan fingerprint density at radius 2 is 1.73 bits per heavy atom. The first-order valence-electron chi connectivity index (χ1n) is 10.2. The molecule has 6 nitrogen and oxygen atoms in total. The van der Waals surface area contributed by atoms with Gasteiger partial charge in [0, 0.05) is 43.4 Å². The topological polar surface area (TPSA) is 54.4 Å². The van der Waals surface area contributed by atoms with Gasteiger partial charge in [0.15, 0.2) is 11.5 Å². The Bertz CT molecular complexity index is 825. The third-order valence-corrected chi connectivity index (χ3v) is 5.62. The highest BCUT2D eigenvalue weighted by Crippen LogP contribution is 2.28. The molecular formula is C23H31ClN2O4. The summed E-state index contributed by atoms with van der Waals surface area (Å²) in [5.41, 5.74) is 3.41. The van der Waals surface area contributed by atoms with Crippen LogP contribution in [-0.4, -0.2) is 69.7 Å². The Labute approximate surface area is 183 Å². The van der Waals surface area contributed by atoms with E-state index in [1.54, 1.807) is 14.2 Å². The SMILES string of the molecule is COc1ccc(COCC(O)CN2CCN(c3cc(Cl)ccc3C)CC2)cc1OC. The minimum absolute atomic E-state index is 0.294. The van der Waals surface area contributed by atoms with E-state index in [0.29, 0.717) is 31.3 Å². The molecule has 0 amide bonds. The van der Waals surface area contributed by atoms with E-state index in [1.807, 2.05) is 30.3 Å². The van der Waals surface area contributed by atoms with E-state index in [4.69, 9.17) is 25.8 Å². The van der Waals surface area contributed by atoms with Crippen molar-refractivity contribution in [3.63, 3.8) is 0 Å². The van der Waals surface area contributed by atoms with Gasteiger partial charge in [0.2, 0.25) is 0 Å². The van der Waals surface area contributed by atoms with E-state index in [0.717, 1.165) is 36.8 Å². The number of ether oxygens (including phenoxy) is 3. The van der Waals surface area contributed by atoms with Crippen LogP contribution in [0.15, 0.2) is 36.4 Å². The molecule has 2 aromatic rings. The second-order valence-corrected chi connectivity index (χ2v) is 8.01.